The van der Waals surface area contributed by atoms with Crippen LogP contribution >= 0.6 is 0 Å². The van der Waals surface area contributed by atoms with Crippen molar-refractivity contribution in [1.82, 2.24) is 5.32 Å². The molecule has 4 nitrogen and oxygen atoms in total. The first-order valence-electron chi connectivity index (χ1n) is 7.55. The number of benzene rings is 1. The molecule has 0 radical (unpaired) electrons. The average Bonchev–Trinajstić information content (AvgIpc) is 2.48. The van der Waals surface area contributed by atoms with Gasteiger partial charge in [-0.15, -0.1) is 0 Å². The van der Waals surface area contributed by atoms with Crippen LogP contribution in [0.1, 0.15) is 36.8 Å². The Hall–Kier alpha value is -1.39. The molecule has 1 unspecified atom stereocenters. The van der Waals surface area contributed by atoms with E-state index in [2.05, 4.69) is 22.8 Å². The Labute approximate surface area is 119 Å². The third-order valence-corrected chi connectivity index (χ3v) is 4.06. The summed E-state index contributed by atoms with van der Waals surface area (Å²) in [5.41, 5.74) is 3.58. The molecule has 0 aromatic heterocycles. The maximum absolute atomic E-state index is 12.0. The Bertz CT molecular complexity index is 481. The van der Waals surface area contributed by atoms with E-state index in [0.717, 1.165) is 44.6 Å². The number of hydrogen-bond acceptors (Lipinski definition) is 3. The highest BCUT2D eigenvalue weighted by Crippen LogP contribution is 2.20. The minimum absolute atomic E-state index is 0.0561. The number of nitrogens with one attached hydrogen (secondary N) is 2. The standard InChI is InChI=1S/C16H22N2O2/c19-16(10-15-3-1-2-8-20-15)18-14-5-4-12-6-7-17-11-13(12)9-14/h4-5,9,15,17H,1-3,6-8,10-11H2,(H,18,19). The van der Waals surface area contributed by atoms with Gasteiger partial charge in [-0.3, -0.25) is 4.79 Å². The highest BCUT2D eigenvalue weighted by atomic mass is 16.5. The molecular formula is C16H22N2O2. The van der Waals surface area contributed by atoms with Gasteiger partial charge in [-0.1, -0.05) is 6.07 Å². The maximum Gasteiger partial charge on any atom is 0.226 e. The fraction of sp³-hybridized carbons (Fsp3) is 0.562. The Balaban J connectivity index is 1.58. The van der Waals surface area contributed by atoms with Crippen molar-refractivity contribution >= 4 is 11.6 Å². The SMILES string of the molecule is O=C(CC1CCCCO1)Nc1ccc2c(c1)CNCC2. The van der Waals surface area contributed by atoms with E-state index in [4.69, 9.17) is 4.74 Å². The molecule has 2 N–H and O–H groups in total. The van der Waals surface area contributed by atoms with E-state index in [9.17, 15) is 4.79 Å². The molecule has 2 heterocycles. The smallest absolute Gasteiger partial charge is 0.226 e. The topological polar surface area (TPSA) is 50.4 Å². The molecule has 0 saturated carbocycles. The number of ether oxygens (including phenoxy) is 1. The van der Waals surface area contributed by atoms with Crippen molar-refractivity contribution in [3.05, 3.63) is 29.3 Å². The Morgan fingerprint density at radius 1 is 1.35 bits per heavy atom. The summed E-state index contributed by atoms with van der Waals surface area (Å²) in [5.74, 6) is 0.0561. The molecule has 0 aliphatic carbocycles. The summed E-state index contributed by atoms with van der Waals surface area (Å²) < 4.78 is 5.61. The van der Waals surface area contributed by atoms with Gasteiger partial charge in [0.1, 0.15) is 0 Å². The van der Waals surface area contributed by atoms with Crippen molar-refractivity contribution in [3.8, 4) is 0 Å². The van der Waals surface area contributed by atoms with E-state index in [-0.39, 0.29) is 12.0 Å². The molecule has 108 valence electrons. The molecule has 0 spiro atoms. The van der Waals surface area contributed by atoms with E-state index in [0.29, 0.717) is 6.42 Å². The maximum atomic E-state index is 12.0. The molecule has 0 bridgehead atoms. The zero-order valence-electron chi connectivity index (χ0n) is 11.8. The number of carbonyl (C=O) groups is 1. The van der Waals surface area contributed by atoms with Gasteiger partial charge in [-0.05, 0) is 55.5 Å². The first kappa shape index (κ1) is 13.6. The fourth-order valence-corrected chi connectivity index (χ4v) is 2.95. The van der Waals surface area contributed by atoms with Crippen molar-refractivity contribution in [3.63, 3.8) is 0 Å². The number of fused-ring (bicyclic) bond motifs is 1. The van der Waals surface area contributed by atoms with Crippen LogP contribution in [0.5, 0.6) is 0 Å². The van der Waals surface area contributed by atoms with E-state index < -0.39 is 0 Å². The lowest BCUT2D eigenvalue weighted by Crippen LogP contribution is -2.26. The second-order valence-electron chi connectivity index (χ2n) is 5.65. The van der Waals surface area contributed by atoms with Crippen LogP contribution in [-0.2, 0) is 22.5 Å². The van der Waals surface area contributed by atoms with Crippen LogP contribution in [-0.4, -0.2) is 25.2 Å². The van der Waals surface area contributed by atoms with E-state index in [1.165, 1.54) is 17.5 Å². The monoisotopic (exact) mass is 274 g/mol. The van der Waals surface area contributed by atoms with Gasteiger partial charge in [0.15, 0.2) is 0 Å². The van der Waals surface area contributed by atoms with Crippen LogP contribution in [0.4, 0.5) is 5.69 Å². The predicted molar refractivity (Wildman–Crippen MR) is 78.7 cm³/mol. The highest BCUT2D eigenvalue weighted by molar-refractivity contribution is 5.91. The van der Waals surface area contributed by atoms with Gasteiger partial charge < -0.3 is 15.4 Å². The van der Waals surface area contributed by atoms with E-state index in [1.807, 2.05) is 6.07 Å². The zero-order chi connectivity index (χ0) is 13.8. The van der Waals surface area contributed by atoms with Crippen molar-refractivity contribution in [2.45, 2.75) is 44.8 Å². The molecular weight excluding hydrogens is 252 g/mol. The summed E-state index contributed by atoms with van der Waals surface area (Å²) in [7, 11) is 0. The Morgan fingerprint density at radius 3 is 3.15 bits per heavy atom. The van der Waals surface area contributed by atoms with Crippen molar-refractivity contribution in [2.24, 2.45) is 0 Å². The number of rotatable bonds is 3. The average molecular weight is 274 g/mol. The quantitative estimate of drug-likeness (QED) is 0.888. The molecule has 1 aromatic rings. The van der Waals surface area contributed by atoms with Crippen LogP contribution in [0.3, 0.4) is 0 Å². The summed E-state index contributed by atoms with van der Waals surface area (Å²) in [5, 5.41) is 6.35. The molecule has 2 aliphatic heterocycles. The van der Waals surface area contributed by atoms with Gasteiger partial charge in [0.25, 0.3) is 0 Å². The van der Waals surface area contributed by atoms with Crippen molar-refractivity contribution in [1.29, 1.82) is 0 Å². The van der Waals surface area contributed by atoms with Gasteiger partial charge in [-0.2, -0.15) is 0 Å². The lowest BCUT2D eigenvalue weighted by molar-refractivity contribution is -0.119. The van der Waals surface area contributed by atoms with E-state index >= 15 is 0 Å². The molecule has 20 heavy (non-hydrogen) atoms. The molecule has 3 rings (SSSR count). The lowest BCUT2D eigenvalue weighted by Gasteiger charge is -2.22. The molecule has 1 saturated heterocycles. The summed E-state index contributed by atoms with van der Waals surface area (Å²) in [6.07, 6.45) is 4.93. The molecule has 1 aromatic carbocycles. The van der Waals surface area contributed by atoms with Crippen LogP contribution < -0.4 is 10.6 Å². The number of hydrogen-bond donors (Lipinski definition) is 2. The molecule has 2 aliphatic rings. The molecule has 1 fully saturated rings. The number of carbonyl (C=O) groups excluding carboxylic acids is 1. The van der Waals surface area contributed by atoms with Crippen LogP contribution in [0.2, 0.25) is 0 Å². The van der Waals surface area contributed by atoms with Gasteiger partial charge >= 0.3 is 0 Å². The fourth-order valence-electron chi connectivity index (χ4n) is 2.95. The number of amides is 1. The number of anilines is 1. The van der Waals surface area contributed by atoms with Gasteiger partial charge in [0.2, 0.25) is 5.91 Å². The lowest BCUT2D eigenvalue weighted by atomic mass is 10.0. The second-order valence-corrected chi connectivity index (χ2v) is 5.65. The molecule has 4 heteroatoms. The minimum atomic E-state index is 0.0561. The van der Waals surface area contributed by atoms with Gasteiger partial charge in [0, 0.05) is 18.8 Å². The largest absolute Gasteiger partial charge is 0.378 e. The molecule has 1 atom stereocenters. The van der Waals surface area contributed by atoms with Crippen LogP contribution in [0.15, 0.2) is 18.2 Å². The van der Waals surface area contributed by atoms with Crippen LogP contribution in [0.25, 0.3) is 0 Å². The van der Waals surface area contributed by atoms with Gasteiger partial charge in [0.05, 0.1) is 12.5 Å². The summed E-state index contributed by atoms with van der Waals surface area (Å²) >= 11 is 0. The Kier molecular flexibility index (Phi) is 4.33. The van der Waals surface area contributed by atoms with Crippen molar-refractivity contribution in [2.75, 3.05) is 18.5 Å². The first-order chi connectivity index (χ1) is 9.81. The highest BCUT2D eigenvalue weighted by Gasteiger charge is 2.18. The second kappa shape index (κ2) is 6.37. The summed E-state index contributed by atoms with van der Waals surface area (Å²) in [6.45, 7) is 2.73. The zero-order valence-corrected chi connectivity index (χ0v) is 11.8. The third kappa shape index (κ3) is 3.38. The predicted octanol–water partition coefficient (Wildman–Crippen LogP) is 2.23. The normalized spacial score (nSPS) is 22.1. The third-order valence-electron chi connectivity index (χ3n) is 4.06. The summed E-state index contributed by atoms with van der Waals surface area (Å²) in [4.78, 5) is 12.0. The van der Waals surface area contributed by atoms with Crippen molar-refractivity contribution < 1.29 is 9.53 Å². The summed E-state index contributed by atoms with van der Waals surface area (Å²) in [6, 6.07) is 6.22. The minimum Gasteiger partial charge on any atom is -0.378 e. The first-order valence-corrected chi connectivity index (χ1v) is 7.55. The molecule has 1 amide bonds. The van der Waals surface area contributed by atoms with Gasteiger partial charge in [-0.25, -0.2) is 0 Å². The Morgan fingerprint density at radius 2 is 2.30 bits per heavy atom. The van der Waals surface area contributed by atoms with E-state index in [1.54, 1.807) is 0 Å². The van der Waals surface area contributed by atoms with Crippen LogP contribution in [0, 0.1) is 0 Å².